The van der Waals surface area contributed by atoms with Crippen LogP contribution in [0.5, 0.6) is 5.75 Å². The number of nitrogens with zero attached hydrogens (tertiary/aromatic N) is 1. The standard InChI is InChI=1S/C21H20ClNO4/c1-23(25-2)21(24)20-11-9-18(27-20)13-16-12-17(22)8-10-19(16)26-14-15-6-4-3-5-7-15/h3-12H,13-14H2,1-2H3. The van der Waals surface area contributed by atoms with Gasteiger partial charge in [-0.05, 0) is 35.9 Å². The number of amides is 1. The summed E-state index contributed by atoms with van der Waals surface area (Å²) in [7, 11) is 2.95. The van der Waals surface area contributed by atoms with E-state index >= 15 is 0 Å². The molecular weight excluding hydrogens is 366 g/mol. The van der Waals surface area contributed by atoms with Crippen LogP contribution in [0.3, 0.4) is 0 Å². The molecule has 0 bridgehead atoms. The molecule has 0 unspecified atom stereocenters. The molecule has 0 aliphatic heterocycles. The van der Waals surface area contributed by atoms with Gasteiger partial charge >= 0.3 is 5.91 Å². The van der Waals surface area contributed by atoms with E-state index in [0.29, 0.717) is 23.8 Å². The van der Waals surface area contributed by atoms with E-state index in [2.05, 4.69) is 0 Å². The molecule has 0 spiro atoms. The predicted molar refractivity (Wildman–Crippen MR) is 103 cm³/mol. The number of hydrogen-bond acceptors (Lipinski definition) is 4. The van der Waals surface area contributed by atoms with Crippen LogP contribution in [0.4, 0.5) is 0 Å². The zero-order chi connectivity index (χ0) is 19.2. The van der Waals surface area contributed by atoms with Gasteiger partial charge in [-0.25, -0.2) is 5.06 Å². The van der Waals surface area contributed by atoms with Gasteiger partial charge in [0.15, 0.2) is 5.76 Å². The third-order valence-corrected chi connectivity index (χ3v) is 4.29. The molecule has 0 fully saturated rings. The lowest BCUT2D eigenvalue weighted by atomic mass is 10.1. The fourth-order valence-corrected chi connectivity index (χ4v) is 2.77. The smallest absolute Gasteiger partial charge is 0.312 e. The highest BCUT2D eigenvalue weighted by atomic mass is 35.5. The average molecular weight is 386 g/mol. The Labute approximate surface area is 163 Å². The molecule has 0 saturated heterocycles. The number of carbonyl (C=O) groups excluding carboxylic acids is 1. The van der Waals surface area contributed by atoms with Crippen LogP contribution in [0.15, 0.2) is 65.1 Å². The highest BCUT2D eigenvalue weighted by molar-refractivity contribution is 6.30. The second-order valence-electron chi connectivity index (χ2n) is 5.95. The molecular formula is C21H20ClNO4. The molecule has 5 nitrogen and oxygen atoms in total. The van der Waals surface area contributed by atoms with Crippen molar-refractivity contribution in [3.63, 3.8) is 0 Å². The van der Waals surface area contributed by atoms with Gasteiger partial charge in [0.2, 0.25) is 0 Å². The Hall–Kier alpha value is -2.76. The predicted octanol–water partition coefficient (Wildman–Crippen LogP) is 4.74. The summed E-state index contributed by atoms with van der Waals surface area (Å²) < 4.78 is 11.6. The van der Waals surface area contributed by atoms with Crippen molar-refractivity contribution in [3.05, 3.63) is 88.3 Å². The van der Waals surface area contributed by atoms with Crippen LogP contribution in [-0.4, -0.2) is 25.1 Å². The van der Waals surface area contributed by atoms with Gasteiger partial charge < -0.3 is 9.15 Å². The molecule has 2 aromatic carbocycles. The van der Waals surface area contributed by atoms with E-state index in [1.165, 1.54) is 14.2 Å². The van der Waals surface area contributed by atoms with E-state index in [9.17, 15) is 4.79 Å². The zero-order valence-corrected chi connectivity index (χ0v) is 15.9. The van der Waals surface area contributed by atoms with E-state index in [1.807, 2.05) is 42.5 Å². The topological polar surface area (TPSA) is 51.9 Å². The molecule has 0 aliphatic rings. The number of hydrogen-bond donors (Lipinski definition) is 0. The second kappa shape index (κ2) is 8.75. The summed E-state index contributed by atoms with van der Waals surface area (Å²) in [4.78, 5) is 17.0. The Morgan fingerprint density at radius 3 is 2.63 bits per heavy atom. The monoisotopic (exact) mass is 385 g/mol. The first-order valence-electron chi connectivity index (χ1n) is 8.43. The zero-order valence-electron chi connectivity index (χ0n) is 15.1. The summed E-state index contributed by atoms with van der Waals surface area (Å²) in [6.45, 7) is 0.454. The molecule has 3 aromatic rings. The van der Waals surface area contributed by atoms with Gasteiger partial charge in [-0.1, -0.05) is 41.9 Å². The van der Waals surface area contributed by atoms with Gasteiger partial charge in [0.05, 0.1) is 7.11 Å². The first-order chi connectivity index (χ1) is 13.1. The van der Waals surface area contributed by atoms with Crippen molar-refractivity contribution in [2.75, 3.05) is 14.2 Å². The van der Waals surface area contributed by atoms with Crippen molar-refractivity contribution in [1.29, 1.82) is 0 Å². The van der Waals surface area contributed by atoms with Crippen LogP contribution in [0, 0.1) is 0 Å². The summed E-state index contributed by atoms with van der Waals surface area (Å²) in [5.74, 6) is 1.22. The molecule has 1 amide bonds. The third-order valence-electron chi connectivity index (χ3n) is 4.06. The van der Waals surface area contributed by atoms with Gasteiger partial charge in [-0.15, -0.1) is 0 Å². The maximum absolute atomic E-state index is 12.1. The molecule has 1 aromatic heterocycles. The average Bonchev–Trinajstić information content (AvgIpc) is 3.15. The van der Waals surface area contributed by atoms with Crippen LogP contribution in [0.1, 0.15) is 27.4 Å². The molecule has 0 saturated carbocycles. The van der Waals surface area contributed by atoms with E-state index in [0.717, 1.165) is 21.9 Å². The number of hydroxylamine groups is 2. The summed E-state index contributed by atoms with van der Waals surface area (Å²) >= 11 is 6.15. The van der Waals surface area contributed by atoms with E-state index < -0.39 is 0 Å². The van der Waals surface area contributed by atoms with Crippen LogP contribution < -0.4 is 4.74 Å². The van der Waals surface area contributed by atoms with Gasteiger partial charge in [0.1, 0.15) is 18.1 Å². The molecule has 0 N–H and O–H groups in total. The Morgan fingerprint density at radius 1 is 1.11 bits per heavy atom. The lowest BCUT2D eigenvalue weighted by Crippen LogP contribution is -2.24. The van der Waals surface area contributed by atoms with Crippen molar-refractivity contribution in [1.82, 2.24) is 5.06 Å². The highest BCUT2D eigenvalue weighted by Crippen LogP contribution is 2.27. The van der Waals surface area contributed by atoms with Crippen molar-refractivity contribution in [3.8, 4) is 5.75 Å². The molecule has 6 heteroatoms. The Morgan fingerprint density at radius 2 is 1.89 bits per heavy atom. The fourth-order valence-electron chi connectivity index (χ4n) is 2.58. The number of ether oxygens (including phenoxy) is 1. The maximum Gasteiger partial charge on any atom is 0.312 e. The Kier molecular flexibility index (Phi) is 6.16. The van der Waals surface area contributed by atoms with Gasteiger partial charge in [0, 0.05) is 24.1 Å². The van der Waals surface area contributed by atoms with Crippen LogP contribution in [-0.2, 0) is 17.9 Å². The van der Waals surface area contributed by atoms with Crippen LogP contribution >= 0.6 is 11.6 Å². The summed E-state index contributed by atoms with van der Waals surface area (Å²) in [5, 5.41) is 1.72. The van der Waals surface area contributed by atoms with E-state index in [1.54, 1.807) is 18.2 Å². The molecule has 0 aliphatic carbocycles. The lowest BCUT2D eigenvalue weighted by molar-refractivity contribution is -0.0774. The maximum atomic E-state index is 12.1. The van der Waals surface area contributed by atoms with Gasteiger partial charge in [-0.3, -0.25) is 9.63 Å². The van der Waals surface area contributed by atoms with Gasteiger partial charge in [0.25, 0.3) is 0 Å². The molecule has 140 valence electrons. The highest BCUT2D eigenvalue weighted by Gasteiger charge is 2.17. The van der Waals surface area contributed by atoms with Crippen molar-refractivity contribution >= 4 is 17.5 Å². The summed E-state index contributed by atoms with van der Waals surface area (Å²) in [6.07, 6.45) is 0.453. The first-order valence-corrected chi connectivity index (χ1v) is 8.80. The van der Waals surface area contributed by atoms with Gasteiger partial charge in [-0.2, -0.15) is 0 Å². The minimum atomic E-state index is -0.351. The van der Waals surface area contributed by atoms with Crippen molar-refractivity contribution in [2.45, 2.75) is 13.0 Å². The molecule has 0 atom stereocenters. The molecule has 27 heavy (non-hydrogen) atoms. The minimum absolute atomic E-state index is 0.211. The molecule has 0 radical (unpaired) electrons. The largest absolute Gasteiger partial charge is 0.489 e. The fraction of sp³-hybridized carbons (Fsp3) is 0.190. The van der Waals surface area contributed by atoms with Crippen LogP contribution in [0.2, 0.25) is 5.02 Å². The quantitative estimate of drug-likeness (QED) is 0.551. The Bertz CT molecular complexity index is 908. The number of halogens is 1. The van der Waals surface area contributed by atoms with Crippen LogP contribution in [0.25, 0.3) is 0 Å². The number of furan rings is 1. The lowest BCUT2D eigenvalue weighted by Gasteiger charge is -2.12. The van der Waals surface area contributed by atoms with E-state index in [4.69, 9.17) is 25.6 Å². The number of carbonyl (C=O) groups is 1. The number of rotatable bonds is 7. The second-order valence-corrected chi connectivity index (χ2v) is 6.39. The molecule has 1 heterocycles. The summed E-state index contributed by atoms with van der Waals surface area (Å²) in [6, 6.07) is 18.8. The van der Waals surface area contributed by atoms with E-state index in [-0.39, 0.29) is 11.7 Å². The normalized spacial score (nSPS) is 10.6. The number of benzene rings is 2. The SMILES string of the molecule is CON(C)C(=O)c1ccc(Cc2cc(Cl)ccc2OCc2ccccc2)o1. The third kappa shape index (κ3) is 4.90. The summed E-state index contributed by atoms with van der Waals surface area (Å²) in [5.41, 5.74) is 1.96. The minimum Gasteiger partial charge on any atom is -0.489 e. The molecule has 3 rings (SSSR count). The van der Waals surface area contributed by atoms with Crippen molar-refractivity contribution < 1.29 is 18.8 Å². The first kappa shape index (κ1) is 19.0. The van der Waals surface area contributed by atoms with Crippen molar-refractivity contribution in [2.24, 2.45) is 0 Å². The Balaban J connectivity index is 1.75.